The van der Waals surface area contributed by atoms with Crippen LogP contribution in [0.4, 0.5) is 8.78 Å². The molecule has 0 aliphatic heterocycles. The number of hydrogen-bond donors (Lipinski definition) is 1. The van der Waals surface area contributed by atoms with E-state index in [2.05, 4.69) is 4.74 Å². The van der Waals surface area contributed by atoms with Crippen molar-refractivity contribution in [2.24, 2.45) is 5.73 Å². The Morgan fingerprint density at radius 2 is 2.06 bits per heavy atom. The van der Waals surface area contributed by atoms with Crippen LogP contribution in [0.5, 0.6) is 5.75 Å². The number of halogens is 2. The highest BCUT2D eigenvalue weighted by molar-refractivity contribution is 5.96. The number of carbonyl (C=O) groups excluding carboxylic acids is 1. The van der Waals surface area contributed by atoms with E-state index in [1.165, 1.54) is 23.1 Å². The largest absolute Gasteiger partial charge is 0.434 e. The molecule has 0 spiro atoms. The van der Waals surface area contributed by atoms with Crippen LogP contribution in [0.2, 0.25) is 0 Å². The van der Waals surface area contributed by atoms with Gasteiger partial charge in [0.2, 0.25) is 0 Å². The van der Waals surface area contributed by atoms with Gasteiger partial charge in [0.05, 0.1) is 5.56 Å². The van der Waals surface area contributed by atoms with Gasteiger partial charge in [-0.15, -0.1) is 0 Å². The molecule has 1 atom stereocenters. The second kappa shape index (κ2) is 6.30. The van der Waals surface area contributed by atoms with Crippen molar-refractivity contribution in [1.29, 1.82) is 0 Å². The number of likely N-dealkylation sites (N-methyl/N-ethyl adjacent to an activating group) is 1. The zero-order valence-corrected chi connectivity index (χ0v) is 10.3. The summed E-state index contributed by atoms with van der Waals surface area (Å²) in [5.74, 6) is -0.530. The van der Waals surface area contributed by atoms with Crippen molar-refractivity contribution >= 4 is 5.91 Å². The smallest absolute Gasteiger partial charge is 0.387 e. The number of nitrogens with zero attached hydrogens (tertiary/aromatic N) is 1. The van der Waals surface area contributed by atoms with E-state index >= 15 is 0 Å². The summed E-state index contributed by atoms with van der Waals surface area (Å²) in [6.07, 6.45) is 0. The summed E-state index contributed by atoms with van der Waals surface area (Å²) in [5.41, 5.74) is 5.68. The number of para-hydroxylation sites is 1. The Balaban J connectivity index is 2.91. The maximum Gasteiger partial charge on any atom is 0.387 e. The van der Waals surface area contributed by atoms with Gasteiger partial charge in [0.1, 0.15) is 5.75 Å². The first-order valence-electron chi connectivity index (χ1n) is 5.46. The molecule has 0 fully saturated rings. The van der Waals surface area contributed by atoms with Gasteiger partial charge < -0.3 is 15.4 Å². The van der Waals surface area contributed by atoms with Crippen molar-refractivity contribution in [1.82, 2.24) is 4.90 Å². The lowest BCUT2D eigenvalue weighted by Gasteiger charge is -2.20. The Hall–Kier alpha value is -1.69. The number of amides is 1. The summed E-state index contributed by atoms with van der Waals surface area (Å²) in [5, 5.41) is 0. The van der Waals surface area contributed by atoms with Gasteiger partial charge in [0.15, 0.2) is 0 Å². The van der Waals surface area contributed by atoms with E-state index in [0.29, 0.717) is 6.54 Å². The SMILES string of the molecule is CC(N)CN(C)C(=O)c1ccccc1OC(F)F. The molecule has 0 heterocycles. The average molecular weight is 258 g/mol. The molecule has 0 aromatic heterocycles. The molecule has 2 N–H and O–H groups in total. The van der Waals surface area contributed by atoms with Gasteiger partial charge in [0.25, 0.3) is 5.91 Å². The summed E-state index contributed by atoms with van der Waals surface area (Å²) < 4.78 is 28.7. The molecule has 0 aliphatic rings. The predicted octanol–water partition coefficient (Wildman–Crippen LogP) is 1.71. The number of rotatable bonds is 5. The second-order valence-corrected chi connectivity index (χ2v) is 4.04. The van der Waals surface area contributed by atoms with E-state index in [1.54, 1.807) is 20.0 Å². The number of ether oxygens (including phenoxy) is 1. The normalized spacial score (nSPS) is 12.3. The van der Waals surface area contributed by atoms with Crippen LogP contribution in [0.15, 0.2) is 24.3 Å². The molecule has 18 heavy (non-hydrogen) atoms. The van der Waals surface area contributed by atoms with E-state index in [-0.39, 0.29) is 17.4 Å². The molecular formula is C12H16F2N2O2. The third-order valence-corrected chi connectivity index (χ3v) is 2.24. The van der Waals surface area contributed by atoms with Gasteiger partial charge in [-0.25, -0.2) is 0 Å². The molecule has 1 aromatic rings. The Morgan fingerprint density at radius 1 is 1.44 bits per heavy atom. The van der Waals surface area contributed by atoms with Crippen LogP contribution in [0.25, 0.3) is 0 Å². The minimum atomic E-state index is -2.96. The third-order valence-electron chi connectivity index (χ3n) is 2.24. The fourth-order valence-corrected chi connectivity index (χ4v) is 1.56. The van der Waals surface area contributed by atoms with Gasteiger partial charge in [-0.1, -0.05) is 12.1 Å². The highest BCUT2D eigenvalue weighted by Gasteiger charge is 2.18. The van der Waals surface area contributed by atoms with Crippen LogP contribution >= 0.6 is 0 Å². The number of hydrogen-bond acceptors (Lipinski definition) is 3. The predicted molar refractivity (Wildman–Crippen MR) is 63.7 cm³/mol. The van der Waals surface area contributed by atoms with Crippen molar-refractivity contribution in [2.45, 2.75) is 19.6 Å². The minimum absolute atomic E-state index is 0.0981. The molecule has 0 saturated carbocycles. The Morgan fingerprint density at radius 3 is 2.61 bits per heavy atom. The molecule has 0 saturated heterocycles. The molecule has 1 rings (SSSR count). The number of nitrogens with two attached hydrogens (primary N) is 1. The van der Waals surface area contributed by atoms with Gasteiger partial charge in [-0.2, -0.15) is 8.78 Å². The highest BCUT2D eigenvalue weighted by Crippen LogP contribution is 2.21. The van der Waals surface area contributed by atoms with Crippen LogP contribution in [-0.4, -0.2) is 37.1 Å². The van der Waals surface area contributed by atoms with Crippen molar-refractivity contribution < 1.29 is 18.3 Å². The second-order valence-electron chi connectivity index (χ2n) is 4.04. The first-order valence-corrected chi connectivity index (χ1v) is 5.46. The first-order chi connectivity index (χ1) is 8.41. The van der Waals surface area contributed by atoms with E-state index in [1.807, 2.05) is 0 Å². The molecule has 0 radical (unpaired) electrons. The summed E-state index contributed by atoms with van der Waals surface area (Å²) >= 11 is 0. The molecule has 1 amide bonds. The van der Waals surface area contributed by atoms with Crippen LogP contribution in [0.3, 0.4) is 0 Å². The van der Waals surface area contributed by atoms with Crippen molar-refractivity contribution in [3.05, 3.63) is 29.8 Å². The maximum absolute atomic E-state index is 12.2. The molecule has 0 aliphatic carbocycles. The van der Waals surface area contributed by atoms with E-state index < -0.39 is 12.5 Å². The van der Waals surface area contributed by atoms with Gasteiger partial charge in [0, 0.05) is 19.6 Å². The number of carbonyl (C=O) groups is 1. The molecular weight excluding hydrogens is 242 g/mol. The fraction of sp³-hybridized carbons (Fsp3) is 0.417. The zero-order valence-electron chi connectivity index (χ0n) is 10.3. The maximum atomic E-state index is 12.2. The average Bonchev–Trinajstić information content (AvgIpc) is 2.27. The zero-order chi connectivity index (χ0) is 13.7. The summed E-state index contributed by atoms with van der Waals surface area (Å²) in [7, 11) is 1.56. The molecule has 0 bridgehead atoms. The van der Waals surface area contributed by atoms with Crippen LogP contribution < -0.4 is 10.5 Å². The fourth-order valence-electron chi connectivity index (χ4n) is 1.56. The molecule has 1 aromatic carbocycles. The highest BCUT2D eigenvalue weighted by atomic mass is 19.3. The molecule has 1 unspecified atom stereocenters. The lowest BCUT2D eigenvalue weighted by Crippen LogP contribution is -2.37. The van der Waals surface area contributed by atoms with E-state index in [9.17, 15) is 13.6 Å². The van der Waals surface area contributed by atoms with Gasteiger partial charge in [-0.3, -0.25) is 4.79 Å². The number of alkyl halides is 2. The van der Waals surface area contributed by atoms with Gasteiger partial charge in [-0.05, 0) is 19.1 Å². The van der Waals surface area contributed by atoms with E-state index in [4.69, 9.17) is 5.73 Å². The monoisotopic (exact) mass is 258 g/mol. The van der Waals surface area contributed by atoms with Crippen LogP contribution in [0, 0.1) is 0 Å². The summed E-state index contributed by atoms with van der Waals surface area (Å²) in [6.45, 7) is -0.870. The molecule has 4 nitrogen and oxygen atoms in total. The molecule has 6 heteroatoms. The Kier molecular flexibility index (Phi) is 5.03. The lowest BCUT2D eigenvalue weighted by atomic mass is 10.1. The van der Waals surface area contributed by atoms with Crippen molar-refractivity contribution in [3.8, 4) is 5.75 Å². The standard InChI is InChI=1S/C12H16F2N2O2/c1-8(15)7-16(2)11(17)9-5-3-4-6-10(9)18-12(13)14/h3-6,8,12H,7,15H2,1-2H3. The summed E-state index contributed by atoms with van der Waals surface area (Å²) in [6, 6.07) is 5.70. The van der Waals surface area contributed by atoms with Crippen molar-refractivity contribution in [2.75, 3.05) is 13.6 Å². The van der Waals surface area contributed by atoms with E-state index in [0.717, 1.165) is 0 Å². The first kappa shape index (κ1) is 14.4. The Labute approximate surface area is 104 Å². The molecule has 100 valence electrons. The minimum Gasteiger partial charge on any atom is -0.434 e. The topological polar surface area (TPSA) is 55.6 Å². The third kappa shape index (κ3) is 3.96. The van der Waals surface area contributed by atoms with Crippen LogP contribution in [0.1, 0.15) is 17.3 Å². The number of benzene rings is 1. The lowest BCUT2D eigenvalue weighted by molar-refractivity contribution is -0.0502. The van der Waals surface area contributed by atoms with Gasteiger partial charge >= 0.3 is 6.61 Å². The summed E-state index contributed by atoms with van der Waals surface area (Å²) in [4.78, 5) is 13.4. The van der Waals surface area contributed by atoms with Crippen LogP contribution in [-0.2, 0) is 0 Å². The van der Waals surface area contributed by atoms with Crippen molar-refractivity contribution in [3.63, 3.8) is 0 Å². The quantitative estimate of drug-likeness (QED) is 0.874. The Bertz CT molecular complexity index is 411.